The Balaban J connectivity index is 1.90. The van der Waals surface area contributed by atoms with Gasteiger partial charge in [-0.1, -0.05) is 22.9 Å². The van der Waals surface area contributed by atoms with E-state index in [2.05, 4.69) is 15.6 Å². The Morgan fingerprint density at radius 1 is 1.24 bits per heavy atom. The molecule has 0 fully saturated rings. The predicted molar refractivity (Wildman–Crippen MR) is 109 cm³/mol. The number of nitrogens with zero attached hydrogens (tertiary/aromatic N) is 1. The summed E-state index contributed by atoms with van der Waals surface area (Å²) in [4.78, 5) is 2.86. The van der Waals surface area contributed by atoms with Gasteiger partial charge in [0.25, 0.3) is 10.0 Å². The molecular weight excluding hydrogens is 451 g/mol. The number of alkyl halides is 1. The summed E-state index contributed by atoms with van der Waals surface area (Å²) < 4.78 is 66.9. The summed E-state index contributed by atoms with van der Waals surface area (Å²) in [6.45, 7) is 1.23. The number of nitrogens with two attached hydrogens (primary N) is 1. The minimum absolute atomic E-state index is 0.0124. The molecular formula is C16H21ClF3N5O2S2. The lowest BCUT2D eigenvalue weighted by molar-refractivity contribution is 0.326. The zero-order chi connectivity index (χ0) is 21.4. The molecule has 0 aliphatic heterocycles. The van der Waals surface area contributed by atoms with Gasteiger partial charge in [-0.3, -0.25) is 4.72 Å². The van der Waals surface area contributed by atoms with Crippen molar-refractivity contribution in [3.05, 3.63) is 34.3 Å². The molecule has 0 amide bonds. The number of hydrogen-bond acceptors (Lipinski definition) is 7. The first kappa shape index (κ1) is 23.7. The second-order valence-corrected chi connectivity index (χ2v) is 9.05. The average molecular weight is 472 g/mol. The van der Waals surface area contributed by atoms with Gasteiger partial charge in [0.15, 0.2) is 10.3 Å². The first-order chi connectivity index (χ1) is 13.7. The molecule has 1 unspecified atom stereocenters. The third kappa shape index (κ3) is 7.30. The van der Waals surface area contributed by atoms with Crippen molar-refractivity contribution in [3.8, 4) is 0 Å². The molecule has 2 rings (SSSR count). The maximum Gasteiger partial charge on any atom is 0.266 e. The molecule has 0 aliphatic rings. The predicted octanol–water partition coefficient (Wildman–Crippen LogP) is 2.95. The number of benzene rings is 1. The lowest BCUT2D eigenvalue weighted by atomic mass is 10.2. The summed E-state index contributed by atoms with van der Waals surface area (Å²) in [5.41, 5.74) is 5.41. The van der Waals surface area contributed by atoms with Crippen molar-refractivity contribution in [2.75, 3.05) is 36.2 Å². The number of aromatic nitrogens is 1. The number of halogens is 4. The van der Waals surface area contributed by atoms with Crippen molar-refractivity contribution in [1.82, 2.24) is 10.3 Å². The monoisotopic (exact) mass is 471 g/mol. The van der Waals surface area contributed by atoms with Crippen LogP contribution in [0.5, 0.6) is 0 Å². The number of unbranched alkanes of at least 4 members (excludes halogenated alkanes) is 1. The lowest BCUT2D eigenvalue weighted by Crippen LogP contribution is -2.30. The minimum Gasteiger partial charge on any atom is -0.384 e. The molecule has 0 radical (unpaired) electrons. The maximum absolute atomic E-state index is 14.4. The molecule has 0 spiro atoms. The van der Waals surface area contributed by atoms with Gasteiger partial charge >= 0.3 is 0 Å². The number of sulfonamides is 1. The molecule has 0 saturated heterocycles. The Labute approximate surface area is 175 Å². The van der Waals surface area contributed by atoms with Gasteiger partial charge in [-0.15, -0.1) is 0 Å². The normalized spacial score (nSPS) is 12.7. The van der Waals surface area contributed by atoms with E-state index in [4.69, 9.17) is 17.3 Å². The van der Waals surface area contributed by atoms with E-state index in [-0.39, 0.29) is 28.9 Å². The molecule has 29 heavy (non-hydrogen) atoms. The highest BCUT2D eigenvalue weighted by atomic mass is 35.5. The van der Waals surface area contributed by atoms with Gasteiger partial charge in [-0.05, 0) is 31.5 Å². The zero-order valence-corrected chi connectivity index (χ0v) is 17.6. The van der Waals surface area contributed by atoms with Crippen LogP contribution in [0.1, 0.15) is 12.8 Å². The van der Waals surface area contributed by atoms with E-state index in [1.165, 1.54) is 0 Å². The quantitative estimate of drug-likeness (QED) is 0.354. The smallest absolute Gasteiger partial charge is 0.266 e. The van der Waals surface area contributed by atoms with Gasteiger partial charge in [0.2, 0.25) is 0 Å². The number of rotatable bonds is 12. The largest absolute Gasteiger partial charge is 0.384 e. The maximum atomic E-state index is 14.4. The van der Waals surface area contributed by atoms with Crippen molar-refractivity contribution >= 4 is 43.8 Å². The van der Waals surface area contributed by atoms with Crippen LogP contribution in [0.15, 0.2) is 23.2 Å². The third-order valence-electron chi connectivity index (χ3n) is 3.73. The number of nitrogens with one attached hydrogen (secondary N) is 3. The van der Waals surface area contributed by atoms with Crippen molar-refractivity contribution < 1.29 is 21.6 Å². The summed E-state index contributed by atoms with van der Waals surface area (Å²) in [5.74, 6) is -1.01. The molecule has 0 aliphatic carbocycles. The van der Waals surface area contributed by atoms with Crippen LogP contribution in [0, 0.1) is 10.9 Å². The molecule has 7 nitrogen and oxygen atoms in total. The summed E-state index contributed by atoms with van der Waals surface area (Å²) in [6.07, 6.45) is 1.21. The molecule has 0 bridgehead atoms. The first-order valence-electron chi connectivity index (χ1n) is 8.65. The fourth-order valence-electron chi connectivity index (χ4n) is 2.28. The van der Waals surface area contributed by atoms with E-state index in [0.29, 0.717) is 30.8 Å². The fraction of sp³-hybridized carbons (Fsp3) is 0.438. The van der Waals surface area contributed by atoms with Crippen LogP contribution < -0.4 is 21.1 Å². The number of hydrogen-bond donors (Lipinski definition) is 4. The van der Waals surface area contributed by atoms with Crippen molar-refractivity contribution in [3.63, 3.8) is 0 Å². The molecule has 162 valence electrons. The minimum atomic E-state index is -4.32. The number of anilines is 2. The molecule has 1 aromatic carbocycles. The zero-order valence-electron chi connectivity index (χ0n) is 15.2. The average Bonchev–Trinajstić information content (AvgIpc) is 3.06. The molecule has 0 saturated carbocycles. The Morgan fingerprint density at radius 2 is 1.97 bits per heavy atom. The molecule has 2 aromatic rings. The van der Waals surface area contributed by atoms with Gasteiger partial charge in [-0.25, -0.2) is 22.2 Å². The Bertz CT molecular complexity index is 914. The van der Waals surface area contributed by atoms with Gasteiger partial charge in [-0.2, -0.15) is 4.39 Å². The Hall–Kier alpha value is -1.60. The molecule has 5 N–H and O–H groups in total. The standard InChI is InChI=1S/C16H21ClF3N5O2S2/c17-11-5-14(29(26,27)25-16-24-9-15(20)28-16)12(19)6-13(11)23-4-2-1-3-22-8-10(18)7-21/h5-6,9-10,22-23H,1-4,7-8,21H2,(H,24,25). The van der Waals surface area contributed by atoms with Crippen LogP contribution in [0.25, 0.3) is 0 Å². The van der Waals surface area contributed by atoms with Crippen LogP contribution in [0.2, 0.25) is 5.02 Å². The summed E-state index contributed by atoms with van der Waals surface area (Å²) >= 11 is 6.54. The van der Waals surface area contributed by atoms with E-state index >= 15 is 0 Å². The second-order valence-electron chi connectivity index (χ2n) is 6.01. The topological polar surface area (TPSA) is 109 Å². The molecule has 1 atom stereocenters. The van der Waals surface area contributed by atoms with Gasteiger partial charge in [0.05, 0.1) is 16.9 Å². The van der Waals surface area contributed by atoms with Crippen molar-refractivity contribution in [1.29, 1.82) is 0 Å². The highest BCUT2D eigenvalue weighted by molar-refractivity contribution is 7.93. The van der Waals surface area contributed by atoms with Gasteiger partial charge in [0.1, 0.15) is 16.9 Å². The summed E-state index contributed by atoms with van der Waals surface area (Å²) in [5, 5.41) is 4.97. The van der Waals surface area contributed by atoms with Crippen LogP contribution in [0.4, 0.5) is 24.0 Å². The second kappa shape index (κ2) is 11.0. The molecule has 1 heterocycles. The van der Waals surface area contributed by atoms with Crippen LogP contribution >= 0.6 is 22.9 Å². The molecule has 1 aromatic heterocycles. The highest BCUT2D eigenvalue weighted by Gasteiger charge is 2.23. The van der Waals surface area contributed by atoms with Crippen molar-refractivity contribution in [2.24, 2.45) is 5.73 Å². The van der Waals surface area contributed by atoms with E-state index in [1.54, 1.807) is 0 Å². The Kier molecular flexibility index (Phi) is 8.96. The van der Waals surface area contributed by atoms with Crippen molar-refractivity contribution in [2.45, 2.75) is 23.9 Å². The lowest BCUT2D eigenvalue weighted by Gasteiger charge is -2.12. The van der Waals surface area contributed by atoms with E-state index in [9.17, 15) is 21.6 Å². The van der Waals surface area contributed by atoms with E-state index in [1.807, 2.05) is 4.72 Å². The van der Waals surface area contributed by atoms with Gasteiger partial charge < -0.3 is 16.4 Å². The van der Waals surface area contributed by atoms with Crippen LogP contribution in [-0.4, -0.2) is 45.8 Å². The Morgan fingerprint density at radius 3 is 2.62 bits per heavy atom. The third-order valence-corrected chi connectivity index (χ3v) is 6.22. The van der Waals surface area contributed by atoms with Gasteiger partial charge in [0, 0.05) is 19.6 Å². The molecule has 13 heteroatoms. The fourth-order valence-corrected chi connectivity index (χ4v) is 4.45. The van der Waals surface area contributed by atoms with Crippen LogP contribution in [0.3, 0.4) is 0 Å². The van der Waals surface area contributed by atoms with Crippen LogP contribution in [-0.2, 0) is 10.0 Å². The summed E-state index contributed by atoms with van der Waals surface area (Å²) in [7, 11) is -4.32. The van der Waals surface area contributed by atoms with E-state index in [0.717, 1.165) is 24.8 Å². The van der Waals surface area contributed by atoms with E-state index < -0.39 is 32.0 Å². The first-order valence-corrected chi connectivity index (χ1v) is 11.3. The SMILES string of the molecule is NCC(F)CNCCCCNc1cc(F)c(S(=O)(=O)Nc2ncc(F)s2)cc1Cl. The summed E-state index contributed by atoms with van der Waals surface area (Å²) in [6, 6.07) is 1.95. The highest BCUT2D eigenvalue weighted by Crippen LogP contribution is 2.29. The number of thiazole rings is 1.